The Labute approximate surface area is 88.6 Å². The van der Waals surface area contributed by atoms with E-state index in [0.29, 0.717) is 12.8 Å². The van der Waals surface area contributed by atoms with Crippen LogP contribution in [0.25, 0.3) is 0 Å². The zero-order chi connectivity index (χ0) is 8.20. The topological polar surface area (TPSA) is 106 Å². The summed E-state index contributed by atoms with van der Waals surface area (Å²) in [5.41, 5.74) is 10.2. The van der Waals surface area contributed by atoms with Crippen LogP contribution < -0.4 is 11.5 Å². The van der Waals surface area contributed by atoms with E-state index in [2.05, 4.69) is 0 Å². The molecule has 0 aliphatic heterocycles. The van der Waals surface area contributed by atoms with E-state index in [4.69, 9.17) is 16.0 Å². The summed E-state index contributed by atoms with van der Waals surface area (Å²) < 4.78 is 28.4. The molecule has 0 fully saturated rings. The molecular formula is C4H13N2NaO3S. The third kappa shape index (κ3) is 13.8. The van der Waals surface area contributed by atoms with Crippen LogP contribution >= 0.6 is 0 Å². The van der Waals surface area contributed by atoms with Gasteiger partial charge in [-0.25, -0.2) is 0 Å². The molecule has 0 heterocycles. The minimum absolute atomic E-state index is 0. The normalized spacial score (nSPS) is 11.3. The minimum atomic E-state index is -3.83. The van der Waals surface area contributed by atoms with Gasteiger partial charge in [-0.2, -0.15) is 8.42 Å². The first kappa shape index (κ1) is 14.4. The van der Waals surface area contributed by atoms with Gasteiger partial charge in [0.05, 0.1) is 11.9 Å². The second kappa shape index (κ2) is 6.36. The van der Waals surface area contributed by atoms with E-state index in [1.54, 1.807) is 0 Å². The number of hydrogen-bond donors (Lipinski definition) is 3. The summed E-state index contributed by atoms with van der Waals surface area (Å²) in [5, 5.41) is 0. The molecule has 0 saturated carbocycles. The molecule has 0 spiro atoms. The van der Waals surface area contributed by atoms with Crippen LogP contribution in [0, 0.1) is 0 Å². The molecule has 5 nitrogen and oxygen atoms in total. The van der Waals surface area contributed by atoms with Gasteiger partial charge >= 0.3 is 29.6 Å². The Morgan fingerprint density at radius 1 is 1.36 bits per heavy atom. The molecule has 64 valence electrons. The third-order valence-electron chi connectivity index (χ3n) is 0.940. The molecule has 0 aromatic carbocycles. The molecule has 0 bridgehead atoms. The fourth-order valence-corrected chi connectivity index (χ4v) is 1.03. The van der Waals surface area contributed by atoms with Crippen molar-refractivity contribution in [3.05, 3.63) is 0 Å². The summed E-state index contributed by atoms with van der Waals surface area (Å²) in [5.74, 6) is -0.266. The Hall–Kier alpha value is 0.830. The molecular weight excluding hydrogens is 179 g/mol. The van der Waals surface area contributed by atoms with Crippen molar-refractivity contribution in [3.63, 3.8) is 0 Å². The first-order valence-electron chi connectivity index (χ1n) is 2.88. The van der Waals surface area contributed by atoms with Gasteiger partial charge in [-0.3, -0.25) is 4.55 Å². The Balaban J connectivity index is 0. The van der Waals surface area contributed by atoms with Crippen LogP contribution in [0.1, 0.15) is 12.8 Å². The van der Waals surface area contributed by atoms with E-state index in [-0.39, 0.29) is 35.3 Å². The molecule has 0 aliphatic rings. The molecule has 0 aromatic heterocycles. The molecule has 5 N–H and O–H groups in total. The second-order valence-electron chi connectivity index (χ2n) is 2.09. The summed E-state index contributed by atoms with van der Waals surface area (Å²) >= 11 is 0. The van der Waals surface area contributed by atoms with Gasteiger partial charge in [0.2, 0.25) is 0 Å². The van der Waals surface area contributed by atoms with Crippen LogP contribution in [0.3, 0.4) is 0 Å². The van der Waals surface area contributed by atoms with E-state index in [0.717, 1.165) is 0 Å². The summed E-state index contributed by atoms with van der Waals surface area (Å²) in [4.78, 5) is 0. The molecule has 11 heavy (non-hydrogen) atoms. The van der Waals surface area contributed by atoms with Crippen molar-refractivity contribution >= 4 is 39.7 Å². The molecule has 0 aliphatic carbocycles. The monoisotopic (exact) mass is 192 g/mol. The van der Waals surface area contributed by atoms with Gasteiger partial charge in [0.15, 0.2) is 0 Å². The molecule has 0 radical (unpaired) electrons. The average Bonchev–Trinajstić information content (AvgIpc) is 1.59. The van der Waals surface area contributed by atoms with Gasteiger partial charge in [0.1, 0.15) is 0 Å². The molecule has 0 atom stereocenters. The van der Waals surface area contributed by atoms with Crippen molar-refractivity contribution in [3.8, 4) is 0 Å². The van der Waals surface area contributed by atoms with Crippen LogP contribution in [-0.4, -0.2) is 54.4 Å². The average molecular weight is 192 g/mol. The predicted octanol–water partition coefficient (Wildman–Crippen LogP) is -1.75. The summed E-state index contributed by atoms with van der Waals surface area (Å²) in [6.07, 6.45) is 0.206. The van der Waals surface area contributed by atoms with Gasteiger partial charge < -0.3 is 11.5 Å². The van der Waals surface area contributed by atoms with Crippen LogP contribution in [0.15, 0.2) is 0 Å². The van der Waals surface area contributed by atoms with E-state index >= 15 is 0 Å². The van der Waals surface area contributed by atoms with Crippen LogP contribution in [0.4, 0.5) is 0 Å². The maximum atomic E-state index is 10.1. The van der Waals surface area contributed by atoms with Crippen molar-refractivity contribution in [2.75, 3.05) is 5.75 Å². The quantitative estimate of drug-likeness (QED) is 0.278. The standard InChI is InChI=1S/C4H12N2O3S.Na.H/c5-4(6)2-1-3-10(7,8)9;;/h4H,1-3,5-6H2,(H,7,8,9);;. The van der Waals surface area contributed by atoms with Crippen LogP contribution in [0.2, 0.25) is 0 Å². The fraction of sp³-hybridized carbons (Fsp3) is 1.00. The zero-order valence-corrected chi connectivity index (χ0v) is 6.34. The van der Waals surface area contributed by atoms with Crippen molar-refractivity contribution < 1.29 is 13.0 Å². The van der Waals surface area contributed by atoms with Crippen molar-refractivity contribution in [2.24, 2.45) is 11.5 Å². The maximum absolute atomic E-state index is 10.1. The van der Waals surface area contributed by atoms with Crippen molar-refractivity contribution in [2.45, 2.75) is 19.0 Å². The Bertz CT molecular complexity index is 180. The van der Waals surface area contributed by atoms with E-state index in [1.807, 2.05) is 0 Å². The Morgan fingerprint density at radius 3 is 2.09 bits per heavy atom. The van der Waals surface area contributed by atoms with Gasteiger partial charge in [0, 0.05) is 0 Å². The number of rotatable bonds is 4. The SMILES string of the molecule is NC(N)CCCS(=O)(=O)O.[NaH]. The molecule has 0 rings (SSSR count). The van der Waals surface area contributed by atoms with E-state index < -0.39 is 16.3 Å². The Morgan fingerprint density at radius 2 is 1.82 bits per heavy atom. The molecule has 0 aromatic rings. The van der Waals surface area contributed by atoms with Crippen molar-refractivity contribution in [1.82, 2.24) is 0 Å². The van der Waals surface area contributed by atoms with Gasteiger partial charge in [0.25, 0.3) is 10.1 Å². The van der Waals surface area contributed by atoms with Gasteiger partial charge in [-0.15, -0.1) is 0 Å². The van der Waals surface area contributed by atoms with Crippen molar-refractivity contribution in [1.29, 1.82) is 0 Å². The zero-order valence-electron chi connectivity index (χ0n) is 5.53. The summed E-state index contributed by atoms with van der Waals surface area (Å²) in [7, 11) is -3.83. The first-order valence-corrected chi connectivity index (χ1v) is 4.49. The summed E-state index contributed by atoms with van der Waals surface area (Å²) in [6.45, 7) is 0. The van der Waals surface area contributed by atoms with Crippen LogP contribution in [0.5, 0.6) is 0 Å². The number of nitrogens with two attached hydrogens (primary N) is 2. The molecule has 0 saturated heterocycles. The van der Waals surface area contributed by atoms with E-state index in [1.165, 1.54) is 0 Å². The number of hydrogen-bond acceptors (Lipinski definition) is 4. The van der Waals surface area contributed by atoms with E-state index in [9.17, 15) is 8.42 Å². The first-order chi connectivity index (χ1) is 4.42. The molecule has 0 amide bonds. The third-order valence-corrected chi connectivity index (χ3v) is 1.74. The predicted molar refractivity (Wildman–Crippen MR) is 45.0 cm³/mol. The fourth-order valence-electron chi connectivity index (χ4n) is 0.501. The van der Waals surface area contributed by atoms with Gasteiger partial charge in [-0.1, -0.05) is 0 Å². The molecule has 7 heteroatoms. The summed E-state index contributed by atoms with van der Waals surface area (Å²) in [6, 6.07) is 0. The Kier molecular flexibility index (Phi) is 8.30. The van der Waals surface area contributed by atoms with Crippen LogP contribution in [-0.2, 0) is 10.1 Å². The second-order valence-corrected chi connectivity index (χ2v) is 3.66. The van der Waals surface area contributed by atoms with Gasteiger partial charge in [-0.05, 0) is 12.8 Å². The molecule has 0 unspecified atom stereocenters.